The van der Waals surface area contributed by atoms with E-state index in [1.54, 1.807) is 0 Å². The maximum Gasteiger partial charge on any atom is 0.145 e. The first-order valence-electron chi connectivity index (χ1n) is 13.4. The zero-order chi connectivity index (χ0) is 27.0. The van der Waals surface area contributed by atoms with E-state index in [-0.39, 0.29) is 0 Å². The van der Waals surface area contributed by atoms with Crippen molar-refractivity contribution < 1.29 is 0 Å². The summed E-state index contributed by atoms with van der Waals surface area (Å²) >= 11 is 0. The fourth-order valence-corrected chi connectivity index (χ4v) is 4.90. The molecule has 0 saturated heterocycles. The number of pyridine rings is 1. The molecule has 2 aromatic heterocycles. The van der Waals surface area contributed by atoms with Crippen molar-refractivity contribution in [3.05, 3.63) is 96.2 Å². The molecule has 2 nitrogen and oxygen atoms in total. The molecule has 0 amide bonds. The number of nitrogens with zero attached hydrogens (tertiary/aromatic N) is 2. The molecule has 0 N–H and O–H groups in total. The first-order chi connectivity index (χ1) is 17.5. The highest BCUT2D eigenvalue weighted by molar-refractivity contribution is 6.14. The molecule has 0 bridgehead atoms. The van der Waals surface area contributed by atoms with Gasteiger partial charge in [-0.1, -0.05) is 89.6 Å². The molecule has 36 heavy (non-hydrogen) atoms. The van der Waals surface area contributed by atoms with E-state index >= 15 is 0 Å². The number of aromatic nitrogens is 2. The van der Waals surface area contributed by atoms with Gasteiger partial charge in [0.2, 0.25) is 0 Å². The van der Waals surface area contributed by atoms with E-state index in [0.717, 1.165) is 12.1 Å². The summed E-state index contributed by atoms with van der Waals surface area (Å²) < 4.78 is 2.39. The fourth-order valence-electron chi connectivity index (χ4n) is 4.90. The van der Waals surface area contributed by atoms with Gasteiger partial charge in [0, 0.05) is 16.3 Å². The lowest BCUT2D eigenvalue weighted by Crippen LogP contribution is -2.00. The van der Waals surface area contributed by atoms with Crippen molar-refractivity contribution in [3.8, 4) is 11.3 Å². The van der Waals surface area contributed by atoms with Crippen molar-refractivity contribution in [1.82, 2.24) is 9.38 Å². The average Bonchev–Trinajstić information content (AvgIpc) is 3.36. The molecule has 5 rings (SSSR count). The van der Waals surface area contributed by atoms with Crippen molar-refractivity contribution in [2.24, 2.45) is 0 Å². The van der Waals surface area contributed by atoms with E-state index in [4.69, 9.17) is 4.98 Å². The van der Waals surface area contributed by atoms with E-state index in [0.29, 0.717) is 5.92 Å². The van der Waals surface area contributed by atoms with Crippen molar-refractivity contribution in [2.75, 3.05) is 0 Å². The van der Waals surface area contributed by atoms with Gasteiger partial charge < -0.3 is 0 Å². The van der Waals surface area contributed by atoms with Gasteiger partial charge in [-0.3, -0.25) is 4.40 Å². The Morgan fingerprint density at radius 2 is 1.44 bits per heavy atom. The summed E-state index contributed by atoms with van der Waals surface area (Å²) in [7, 11) is 0. The normalized spacial score (nSPS) is 11.1. The van der Waals surface area contributed by atoms with Crippen molar-refractivity contribution in [1.29, 1.82) is 0 Å². The lowest BCUT2D eigenvalue weighted by molar-refractivity contribution is 0.740. The van der Waals surface area contributed by atoms with E-state index in [1.807, 2.05) is 27.7 Å². The number of hydrogen-bond acceptors (Lipinski definition) is 1. The Bertz CT molecular complexity index is 1420. The summed E-state index contributed by atoms with van der Waals surface area (Å²) in [5, 5.41) is 3.90. The molecule has 0 spiro atoms. The highest BCUT2D eigenvalue weighted by atomic mass is 15.0. The SMILES string of the molecule is C=C.CC.CC.CCC(C)c1cccc2c3cc(C)ccc3n3c(-c4c(C)cccc4C)cnc3c12. The predicted molar refractivity (Wildman–Crippen MR) is 163 cm³/mol. The Morgan fingerprint density at radius 1 is 0.833 bits per heavy atom. The largest absolute Gasteiger partial charge is 0.292 e. The number of aryl methyl sites for hydroxylation is 3. The Labute approximate surface area is 218 Å². The minimum absolute atomic E-state index is 0.486. The summed E-state index contributed by atoms with van der Waals surface area (Å²) in [6, 6.07) is 20.1. The lowest BCUT2D eigenvalue weighted by Gasteiger charge is -2.18. The monoisotopic (exact) mass is 480 g/mol. The second-order valence-electron chi connectivity index (χ2n) is 8.67. The first-order valence-corrected chi connectivity index (χ1v) is 13.4. The minimum Gasteiger partial charge on any atom is -0.292 e. The van der Waals surface area contributed by atoms with Gasteiger partial charge in [0.25, 0.3) is 0 Å². The molecule has 5 aromatic rings. The molecule has 0 aliphatic heterocycles. The van der Waals surface area contributed by atoms with Crippen LogP contribution >= 0.6 is 0 Å². The molecule has 0 aliphatic carbocycles. The lowest BCUT2D eigenvalue weighted by atomic mass is 9.92. The molecular weight excluding hydrogens is 436 g/mol. The summed E-state index contributed by atoms with van der Waals surface area (Å²) in [5.74, 6) is 0.486. The van der Waals surface area contributed by atoms with Crippen LogP contribution in [0.3, 0.4) is 0 Å². The Morgan fingerprint density at radius 3 is 2.06 bits per heavy atom. The minimum atomic E-state index is 0.486. The smallest absolute Gasteiger partial charge is 0.145 e. The summed E-state index contributed by atoms with van der Waals surface area (Å²) in [6.07, 6.45) is 3.18. The van der Waals surface area contributed by atoms with Crippen molar-refractivity contribution >= 4 is 27.3 Å². The molecule has 1 unspecified atom stereocenters. The third kappa shape index (κ3) is 5.09. The van der Waals surface area contributed by atoms with Crippen LogP contribution in [-0.4, -0.2) is 9.38 Å². The van der Waals surface area contributed by atoms with E-state index in [1.165, 1.54) is 55.2 Å². The van der Waals surface area contributed by atoms with Crippen LogP contribution in [0.1, 0.15) is 76.1 Å². The Hall–Kier alpha value is -3.39. The van der Waals surface area contributed by atoms with Crippen LogP contribution < -0.4 is 0 Å². The van der Waals surface area contributed by atoms with Crippen LogP contribution in [0, 0.1) is 20.8 Å². The maximum absolute atomic E-state index is 5.02. The van der Waals surface area contributed by atoms with Crippen LogP contribution in [0.2, 0.25) is 0 Å². The third-order valence-electron chi connectivity index (χ3n) is 6.65. The predicted octanol–water partition coefficient (Wildman–Crippen LogP) is 10.6. The van der Waals surface area contributed by atoms with E-state index in [2.05, 4.69) is 113 Å². The quantitative estimate of drug-likeness (QED) is 0.185. The molecule has 190 valence electrons. The number of rotatable bonds is 3. The standard InChI is InChI=1S/C28H28N2.2C2H6.C2H4/c1-6-18(3)21-11-8-12-22-23-15-17(2)13-14-24(23)30-25(16-29-28(30)27(21)22)26-19(4)9-7-10-20(26)5;3*1-2/h7-16,18H,6H2,1-5H3;2*1-2H3;1-2H2. The Balaban J connectivity index is 0.000000710. The van der Waals surface area contributed by atoms with E-state index < -0.39 is 0 Å². The van der Waals surface area contributed by atoms with Gasteiger partial charge in [-0.25, -0.2) is 4.98 Å². The molecule has 2 heterocycles. The van der Waals surface area contributed by atoms with Gasteiger partial charge in [-0.2, -0.15) is 0 Å². The fraction of sp³-hybridized carbons (Fsp3) is 0.324. The number of fused-ring (bicyclic) bond motifs is 6. The second kappa shape index (κ2) is 13.1. The van der Waals surface area contributed by atoms with Crippen LogP contribution in [0.25, 0.3) is 38.6 Å². The first kappa shape index (κ1) is 28.8. The molecule has 0 fully saturated rings. The van der Waals surface area contributed by atoms with Crippen LogP contribution in [0.15, 0.2) is 74.0 Å². The van der Waals surface area contributed by atoms with Gasteiger partial charge in [0.1, 0.15) is 5.65 Å². The molecular formula is C34H44N2. The summed E-state index contributed by atoms with van der Waals surface area (Å²) in [6.45, 7) is 25.1. The van der Waals surface area contributed by atoms with Gasteiger partial charge in [-0.05, 0) is 67.3 Å². The van der Waals surface area contributed by atoms with Gasteiger partial charge >= 0.3 is 0 Å². The molecule has 2 heteroatoms. The van der Waals surface area contributed by atoms with E-state index in [9.17, 15) is 0 Å². The topological polar surface area (TPSA) is 17.3 Å². The molecule has 3 aromatic carbocycles. The third-order valence-corrected chi connectivity index (χ3v) is 6.65. The maximum atomic E-state index is 5.02. The van der Waals surface area contributed by atoms with Crippen molar-refractivity contribution in [3.63, 3.8) is 0 Å². The van der Waals surface area contributed by atoms with Crippen molar-refractivity contribution in [2.45, 2.75) is 74.7 Å². The molecule has 1 atom stereocenters. The summed E-state index contributed by atoms with van der Waals surface area (Å²) in [5.41, 5.74) is 9.99. The van der Waals surface area contributed by atoms with Crippen LogP contribution in [-0.2, 0) is 0 Å². The highest BCUT2D eigenvalue weighted by Crippen LogP contribution is 2.38. The van der Waals surface area contributed by atoms with Crippen LogP contribution in [0.5, 0.6) is 0 Å². The zero-order valence-electron chi connectivity index (χ0n) is 23.9. The Kier molecular flexibility index (Phi) is 10.5. The highest BCUT2D eigenvalue weighted by Gasteiger charge is 2.19. The summed E-state index contributed by atoms with van der Waals surface area (Å²) in [4.78, 5) is 5.02. The second-order valence-corrected chi connectivity index (χ2v) is 8.67. The van der Waals surface area contributed by atoms with Crippen LogP contribution in [0.4, 0.5) is 0 Å². The van der Waals surface area contributed by atoms with Gasteiger partial charge in [0.15, 0.2) is 0 Å². The number of hydrogen-bond donors (Lipinski definition) is 0. The average molecular weight is 481 g/mol. The van der Waals surface area contributed by atoms with Gasteiger partial charge in [0.05, 0.1) is 17.4 Å². The molecule has 0 saturated carbocycles. The molecule has 0 aliphatic rings. The van der Waals surface area contributed by atoms with Gasteiger partial charge in [-0.15, -0.1) is 13.2 Å². The number of benzene rings is 3. The number of imidazole rings is 1. The zero-order valence-corrected chi connectivity index (χ0v) is 23.9. The molecule has 0 radical (unpaired) electrons.